The summed E-state index contributed by atoms with van der Waals surface area (Å²) in [6.45, 7) is 5.62. The van der Waals surface area contributed by atoms with Crippen LogP contribution in [0, 0.1) is 30.2 Å². The van der Waals surface area contributed by atoms with Crippen LogP contribution < -0.4 is 5.32 Å². The van der Waals surface area contributed by atoms with Crippen LogP contribution in [0.25, 0.3) is 0 Å². The molecule has 0 heterocycles. The lowest BCUT2D eigenvalue weighted by Crippen LogP contribution is -2.09. The Labute approximate surface area is 130 Å². The Morgan fingerprint density at radius 3 is 2.13 bits per heavy atom. The van der Waals surface area contributed by atoms with Gasteiger partial charge >= 0.3 is 5.97 Å². The first kappa shape index (κ1) is 18.5. The minimum atomic E-state index is -1.84. The Balaban J connectivity index is 0.00000127. The van der Waals surface area contributed by atoms with Crippen molar-refractivity contribution >= 4 is 17.3 Å². The van der Waals surface area contributed by atoms with E-state index in [0.717, 1.165) is 6.07 Å². The van der Waals surface area contributed by atoms with Gasteiger partial charge in [-0.25, -0.2) is 22.4 Å². The molecule has 23 heavy (non-hydrogen) atoms. The van der Waals surface area contributed by atoms with Gasteiger partial charge in [-0.2, -0.15) is 0 Å². The number of anilines is 2. The quantitative estimate of drug-likeness (QED) is 0.614. The topological polar surface area (TPSA) is 49.3 Å². The number of hydrogen-bond acceptors (Lipinski definition) is 2. The molecular weight excluding hydrogens is 314 g/mol. The first-order chi connectivity index (χ1) is 10.8. The van der Waals surface area contributed by atoms with Crippen LogP contribution in [-0.4, -0.2) is 11.1 Å². The number of nitrogens with one attached hydrogen (secondary N) is 1. The van der Waals surface area contributed by atoms with Gasteiger partial charge in [0.15, 0.2) is 17.5 Å². The third-order valence-electron chi connectivity index (χ3n) is 2.78. The molecule has 0 spiro atoms. The molecule has 0 aromatic heterocycles. The molecule has 2 N–H and O–H groups in total. The number of benzene rings is 2. The fraction of sp³-hybridized carbons (Fsp3) is 0.188. The van der Waals surface area contributed by atoms with Crippen molar-refractivity contribution in [2.45, 2.75) is 20.8 Å². The highest BCUT2D eigenvalue weighted by molar-refractivity contribution is 5.95. The number of rotatable bonds is 3. The smallest absolute Gasteiger partial charge is 0.338 e. The Kier molecular flexibility index (Phi) is 6.12. The van der Waals surface area contributed by atoms with Crippen molar-refractivity contribution in [3.63, 3.8) is 0 Å². The van der Waals surface area contributed by atoms with Gasteiger partial charge in [0.1, 0.15) is 5.82 Å². The number of hydrogen-bond donors (Lipinski definition) is 2. The molecule has 0 saturated carbocycles. The molecule has 2 aromatic rings. The molecule has 2 aromatic carbocycles. The van der Waals surface area contributed by atoms with E-state index in [4.69, 9.17) is 5.11 Å². The fourth-order valence-electron chi connectivity index (χ4n) is 1.74. The zero-order chi connectivity index (χ0) is 17.7. The minimum absolute atomic E-state index is 0.256. The van der Waals surface area contributed by atoms with Gasteiger partial charge in [0, 0.05) is 0 Å². The summed E-state index contributed by atoms with van der Waals surface area (Å²) in [4.78, 5) is 11.0. The highest BCUT2D eigenvalue weighted by atomic mass is 19.2. The molecule has 0 bridgehead atoms. The van der Waals surface area contributed by atoms with Crippen molar-refractivity contribution in [1.29, 1.82) is 0 Å². The van der Waals surface area contributed by atoms with Crippen LogP contribution in [0.15, 0.2) is 24.3 Å². The lowest BCUT2D eigenvalue weighted by molar-refractivity contribution is 0.0696. The third-order valence-corrected chi connectivity index (χ3v) is 2.78. The number of aryl methyl sites for hydroxylation is 1. The highest BCUT2D eigenvalue weighted by Gasteiger charge is 2.23. The average molecular weight is 329 g/mol. The first-order valence-electron chi connectivity index (χ1n) is 6.75. The predicted octanol–water partition coefficient (Wildman–Crippen LogP) is 5.02. The van der Waals surface area contributed by atoms with Gasteiger partial charge in [-0.3, -0.25) is 0 Å². The Morgan fingerprint density at radius 1 is 1.00 bits per heavy atom. The first-order valence-corrected chi connectivity index (χ1v) is 6.75. The van der Waals surface area contributed by atoms with E-state index in [-0.39, 0.29) is 5.69 Å². The minimum Gasteiger partial charge on any atom is -0.478 e. The summed E-state index contributed by atoms with van der Waals surface area (Å²) in [6, 6.07) is 4.18. The van der Waals surface area contributed by atoms with E-state index in [2.05, 4.69) is 5.32 Å². The molecule has 0 atom stereocenters. The maximum absolute atomic E-state index is 13.7. The maximum Gasteiger partial charge on any atom is 0.338 e. The van der Waals surface area contributed by atoms with Crippen molar-refractivity contribution in [2.24, 2.45) is 0 Å². The van der Waals surface area contributed by atoms with Gasteiger partial charge in [-0.1, -0.05) is 19.9 Å². The SMILES string of the molecule is CC.Cc1ccc(Nc2c(C(=O)O)cc(F)c(F)c2F)c(F)c1. The molecule has 0 unspecified atom stereocenters. The van der Waals surface area contributed by atoms with Crippen LogP contribution in [0.4, 0.5) is 28.9 Å². The highest BCUT2D eigenvalue weighted by Crippen LogP contribution is 2.29. The standard InChI is InChI=1S/C14H9F4NO2.C2H6/c1-6-2-3-10(8(15)4-6)19-13-7(14(20)21)5-9(16)11(17)12(13)18;1-2/h2-5,19H,1H3,(H,20,21);1-2H3. The molecule has 7 heteroatoms. The normalized spacial score (nSPS) is 9.87. The Bertz CT molecular complexity index is 733. The van der Waals surface area contributed by atoms with Crippen molar-refractivity contribution in [3.05, 3.63) is 58.7 Å². The van der Waals surface area contributed by atoms with Crippen molar-refractivity contribution < 1.29 is 27.5 Å². The maximum atomic E-state index is 13.7. The van der Waals surface area contributed by atoms with Gasteiger partial charge < -0.3 is 10.4 Å². The number of carboxylic acid groups (broad SMARTS) is 1. The third kappa shape index (κ3) is 4.00. The van der Waals surface area contributed by atoms with E-state index in [1.54, 1.807) is 6.92 Å². The molecule has 0 aliphatic rings. The van der Waals surface area contributed by atoms with Gasteiger partial charge in [0.2, 0.25) is 0 Å². The largest absolute Gasteiger partial charge is 0.478 e. The summed E-state index contributed by atoms with van der Waals surface area (Å²) in [7, 11) is 0. The van der Waals surface area contributed by atoms with E-state index in [1.165, 1.54) is 12.1 Å². The van der Waals surface area contributed by atoms with Crippen molar-refractivity contribution in [1.82, 2.24) is 0 Å². The molecule has 0 radical (unpaired) electrons. The van der Waals surface area contributed by atoms with Gasteiger partial charge in [0.05, 0.1) is 16.9 Å². The molecule has 0 aliphatic heterocycles. The molecule has 0 fully saturated rings. The molecule has 3 nitrogen and oxygen atoms in total. The lowest BCUT2D eigenvalue weighted by atomic mass is 10.1. The average Bonchev–Trinajstić information content (AvgIpc) is 2.51. The predicted molar refractivity (Wildman–Crippen MR) is 79.0 cm³/mol. The number of halogens is 4. The van der Waals surface area contributed by atoms with E-state index in [0.29, 0.717) is 11.6 Å². The van der Waals surface area contributed by atoms with E-state index in [9.17, 15) is 22.4 Å². The Morgan fingerprint density at radius 2 is 1.61 bits per heavy atom. The second kappa shape index (κ2) is 7.62. The van der Waals surface area contributed by atoms with Crippen LogP contribution in [0.1, 0.15) is 29.8 Å². The van der Waals surface area contributed by atoms with E-state index < -0.39 is 40.5 Å². The van der Waals surface area contributed by atoms with Crippen LogP contribution in [0.5, 0.6) is 0 Å². The summed E-state index contributed by atoms with van der Waals surface area (Å²) in [5, 5.41) is 11.1. The van der Waals surface area contributed by atoms with Gasteiger partial charge in [0.25, 0.3) is 0 Å². The molecule has 0 aliphatic carbocycles. The second-order valence-corrected chi connectivity index (χ2v) is 4.32. The van der Waals surface area contributed by atoms with Gasteiger partial charge in [-0.05, 0) is 30.7 Å². The molecule has 0 amide bonds. The molecule has 0 saturated heterocycles. The van der Waals surface area contributed by atoms with E-state index in [1.807, 2.05) is 13.8 Å². The monoisotopic (exact) mass is 329 g/mol. The van der Waals surface area contributed by atoms with Crippen LogP contribution in [0.3, 0.4) is 0 Å². The summed E-state index contributed by atoms with van der Waals surface area (Å²) in [5.41, 5.74) is -1.36. The van der Waals surface area contributed by atoms with Crippen LogP contribution >= 0.6 is 0 Å². The Hall–Kier alpha value is -2.57. The number of carbonyl (C=O) groups is 1. The van der Waals surface area contributed by atoms with Gasteiger partial charge in [-0.15, -0.1) is 0 Å². The summed E-state index contributed by atoms with van der Waals surface area (Å²) >= 11 is 0. The second-order valence-electron chi connectivity index (χ2n) is 4.32. The zero-order valence-electron chi connectivity index (χ0n) is 12.7. The van der Waals surface area contributed by atoms with Crippen molar-refractivity contribution in [3.8, 4) is 0 Å². The molecule has 2 rings (SSSR count). The zero-order valence-corrected chi connectivity index (χ0v) is 12.7. The fourth-order valence-corrected chi connectivity index (χ4v) is 1.74. The number of carboxylic acids is 1. The molecular formula is C16H15F4NO2. The lowest BCUT2D eigenvalue weighted by Gasteiger charge is -2.12. The number of aromatic carboxylic acids is 1. The summed E-state index contributed by atoms with van der Waals surface area (Å²) in [5.74, 6) is -7.67. The van der Waals surface area contributed by atoms with Crippen molar-refractivity contribution in [2.75, 3.05) is 5.32 Å². The van der Waals surface area contributed by atoms with E-state index >= 15 is 0 Å². The summed E-state index contributed by atoms with van der Waals surface area (Å²) in [6.07, 6.45) is 0. The molecule has 124 valence electrons. The van der Waals surface area contributed by atoms with Crippen LogP contribution in [-0.2, 0) is 0 Å². The summed E-state index contributed by atoms with van der Waals surface area (Å²) < 4.78 is 53.7. The van der Waals surface area contributed by atoms with Crippen LogP contribution in [0.2, 0.25) is 0 Å².